The number of hydrogen-bond donors (Lipinski definition) is 1. The van der Waals surface area contributed by atoms with E-state index in [-0.39, 0.29) is 5.91 Å². The van der Waals surface area contributed by atoms with Crippen LogP contribution in [0.25, 0.3) is 6.08 Å². The number of amides is 1. The van der Waals surface area contributed by atoms with Gasteiger partial charge < -0.3 is 5.32 Å². The average molecular weight is 258 g/mol. The van der Waals surface area contributed by atoms with Crippen molar-refractivity contribution in [1.82, 2.24) is 5.32 Å². The number of halogens is 1. The van der Waals surface area contributed by atoms with E-state index in [4.69, 9.17) is 11.6 Å². The molecular formula is C15H12ClNO. The highest BCUT2D eigenvalue weighted by atomic mass is 35.5. The molecule has 90 valence electrons. The molecule has 2 rings (SSSR count). The maximum atomic E-state index is 11.7. The number of benzene rings is 2. The van der Waals surface area contributed by atoms with Crippen LogP contribution in [0.2, 0.25) is 5.02 Å². The van der Waals surface area contributed by atoms with Crippen LogP contribution in [0.3, 0.4) is 0 Å². The minimum absolute atomic E-state index is 0.131. The predicted molar refractivity (Wildman–Crippen MR) is 74.4 cm³/mol. The van der Waals surface area contributed by atoms with E-state index in [1.54, 1.807) is 30.5 Å². The molecule has 2 aromatic carbocycles. The highest BCUT2D eigenvalue weighted by Crippen LogP contribution is 2.11. The van der Waals surface area contributed by atoms with Crippen molar-refractivity contribution in [2.45, 2.75) is 0 Å². The first-order valence-corrected chi connectivity index (χ1v) is 5.91. The largest absolute Gasteiger partial charge is 0.329 e. The smallest absolute Gasteiger partial charge is 0.255 e. The molecule has 3 heteroatoms. The number of carbonyl (C=O) groups is 1. The Balaban J connectivity index is 1.98. The molecule has 18 heavy (non-hydrogen) atoms. The maximum Gasteiger partial charge on any atom is 0.255 e. The van der Waals surface area contributed by atoms with Crippen molar-refractivity contribution >= 4 is 23.6 Å². The standard InChI is InChI=1S/C15H12ClNO/c16-14-8-4-5-12(11-14)9-10-17-15(18)13-6-2-1-3-7-13/h1-11H,(H,17,18). The van der Waals surface area contributed by atoms with Crippen molar-refractivity contribution in [3.05, 3.63) is 76.9 Å². The van der Waals surface area contributed by atoms with Gasteiger partial charge in [0.2, 0.25) is 0 Å². The number of carbonyl (C=O) groups excluding carboxylic acids is 1. The molecule has 1 amide bonds. The van der Waals surface area contributed by atoms with Crippen LogP contribution in [0.1, 0.15) is 15.9 Å². The minimum atomic E-state index is -0.131. The summed E-state index contributed by atoms with van der Waals surface area (Å²) >= 11 is 5.86. The molecule has 0 saturated carbocycles. The maximum absolute atomic E-state index is 11.7. The highest BCUT2D eigenvalue weighted by molar-refractivity contribution is 6.30. The van der Waals surface area contributed by atoms with Gasteiger partial charge in [-0.1, -0.05) is 41.9 Å². The van der Waals surface area contributed by atoms with Gasteiger partial charge in [-0.2, -0.15) is 0 Å². The lowest BCUT2D eigenvalue weighted by molar-refractivity contribution is 0.0970. The zero-order valence-electron chi connectivity index (χ0n) is 9.64. The zero-order valence-corrected chi connectivity index (χ0v) is 10.4. The summed E-state index contributed by atoms with van der Waals surface area (Å²) in [5.74, 6) is -0.131. The molecule has 0 aliphatic carbocycles. The normalized spacial score (nSPS) is 10.5. The van der Waals surface area contributed by atoms with Gasteiger partial charge in [0.05, 0.1) is 0 Å². The van der Waals surface area contributed by atoms with Gasteiger partial charge in [0.15, 0.2) is 0 Å². The summed E-state index contributed by atoms with van der Waals surface area (Å²) in [7, 11) is 0. The molecule has 0 unspecified atom stereocenters. The van der Waals surface area contributed by atoms with E-state index >= 15 is 0 Å². The number of nitrogens with one attached hydrogen (secondary N) is 1. The van der Waals surface area contributed by atoms with Gasteiger partial charge in [0.25, 0.3) is 5.91 Å². The number of rotatable bonds is 3. The Morgan fingerprint density at radius 1 is 1.06 bits per heavy atom. The molecule has 0 radical (unpaired) electrons. The lowest BCUT2D eigenvalue weighted by Gasteiger charge is -1.99. The summed E-state index contributed by atoms with van der Waals surface area (Å²) < 4.78 is 0. The molecule has 0 saturated heterocycles. The average Bonchev–Trinajstić information content (AvgIpc) is 2.40. The Hall–Kier alpha value is -2.06. The van der Waals surface area contributed by atoms with Crippen molar-refractivity contribution in [1.29, 1.82) is 0 Å². The van der Waals surface area contributed by atoms with E-state index in [1.807, 2.05) is 36.4 Å². The van der Waals surface area contributed by atoms with Crippen LogP contribution in [0.4, 0.5) is 0 Å². The molecule has 0 fully saturated rings. The molecule has 0 bridgehead atoms. The van der Waals surface area contributed by atoms with Gasteiger partial charge in [-0.25, -0.2) is 0 Å². The Bertz CT molecular complexity index is 564. The summed E-state index contributed by atoms with van der Waals surface area (Å²) in [5.41, 5.74) is 1.57. The van der Waals surface area contributed by atoms with Crippen LogP contribution >= 0.6 is 11.6 Å². The van der Waals surface area contributed by atoms with Crippen LogP contribution in [-0.2, 0) is 0 Å². The fraction of sp³-hybridized carbons (Fsp3) is 0. The second-order valence-corrected chi connectivity index (χ2v) is 4.16. The van der Waals surface area contributed by atoms with E-state index in [0.717, 1.165) is 5.56 Å². The number of hydrogen-bond acceptors (Lipinski definition) is 1. The molecule has 1 N–H and O–H groups in total. The topological polar surface area (TPSA) is 29.1 Å². The second-order valence-electron chi connectivity index (χ2n) is 3.73. The first-order valence-electron chi connectivity index (χ1n) is 5.54. The minimum Gasteiger partial charge on any atom is -0.329 e. The van der Waals surface area contributed by atoms with Crippen LogP contribution in [0.15, 0.2) is 60.8 Å². The van der Waals surface area contributed by atoms with Gasteiger partial charge >= 0.3 is 0 Å². The van der Waals surface area contributed by atoms with Gasteiger partial charge in [0, 0.05) is 16.8 Å². The third-order valence-electron chi connectivity index (χ3n) is 2.37. The first kappa shape index (κ1) is 12.4. The van der Waals surface area contributed by atoms with E-state index in [2.05, 4.69) is 5.32 Å². The fourth-order valence-corrected chi connectivity index (χ4v) is 1.70. The van der Waals surface area contributed by atoms with Crippen LogP contribution < -0.4 is 5.32 Å². The van der Waals surface area contributed by atoms with Crippen molar-refractivity contribution in [2.75, 3.05) is 0 Å². The Morgan fingerprint density at radius 2 is 1.83 bits per heavy atom. The summed E-state index contributed by atoms with van der Waals surface area (Å²) in [5, 5.41) is 3.38. The molecule has 2 nitrogen and oxygen atoms in total. The molecular weight excluding hydrogens is 246 g/mol. The summed E-state index contributed by atoms with van der Waals surface area (Å²) in [6.07, 6.45) is 3.41. The van der Waals surface area contributed by atoms with E-state index in [1.165, 1.54) is 0 Å². The van der Waals surface area contributed by atoms with Crippen LogP contribution in [0, 0.1) is 0 Å². The van der Waals surface area contributed by atoms with Gasteiger partial charge in [-0.05, 0) is 35.9 Å². The first-order chi connectivity index (χ1) is 8.75. The molecule has 2 aromatic rings. The monoisotopic (exact) mass is 257 g/mol. The third kappa shape index (κ3) is 3.47. The van der Waals surface area contributed by atoms with Crippen molar-refractivity contribution in [3.63, 3.8) is 0 Å². The summed E-state index contributed by atoms with van der Waals surface area (Å²) in [6, 6.07) is 16.5. The van der Waals surface area contributed by atoms with Crippen molar-refractivity contribution in [3.8, 4) is 0 Å². The van der Waals surface area contributed by atoms with Gasteiger partial charge in [-0.3, -0.25) is 4.79 Å². The van der Waals surface area contributed by atoms with Crippen molar-refractivity contribution < 1.29 is 4.79 Å². The molecule has 0 aliphatic heterocycles. The molecule has 0 heterocycles. The summed E-state index contributed by atoms with van der Waals surface area (Å²) in [4.78, 5) is 11.7. The SMILES string of the molecule is O=C(NC=Cc1cccc(Cl)c1)c1ccccc1. The van der Waals surface area contributed by atoms with Gasteiger partial charge in [-0.15, -0.1) is 0 Å². The molecule has 0 atom stereocenters. The van der Waals surface area contributed by atoms with E-state index in [9.17, 15) is 4.79 Å². The van der Waals surface area contributed by atoms with E-state index in [0.29, 0.717) is 10.6 Å². The van der Waals surface area contributed by atoms with E-state index < -0.39 is 0 Å². The van der Waals surface area contributed by atoms with Crippen molar-refractivity contribution in [2.24, 2.45) is 0 Å². The molecule has 0 aliphatic rings. The lowest BCUT2D eigenvalue weighted by atomic mass is 10.2. The second kappa shape index (κ2) is 6.03. The predicted octanol–water partition coefficient (Wildman–Crippen LogP) is 3.74. The summed E-state index contributed by atoms with van der Waals surface area (Å²) in [6.45, 7) is 0. The zero-order chi connectivity index (χ0) is 12.8. The van der Waals surface area contributed by atoms with Crippen LogP contribution in [-0.4, -0.2) is 5.91 Å². The lowest BCUT2D eigenvalue weighted by Crippen LogP contribution is -2.16. The quantitative estimate of drug-likeness (QED) is 0.892. The Kier molecular flexibility index (Phi) is 4.15. The molecule has 0 spiro atoms. The highest BCUT2D eigenvalue weighted by Gasteiger charge is 2.00. The van der Waals surface area contributed by atoms with Crippen LogP contribution in [0.5, 0.6) is 0 Å². The third-order valence-corrected chi connectivity index (χ3v) is 2.61. The molecule has 0 aromatic heterocycles. The Morgan fingerprint density at radius 3 is 2.56 bits per heavy atom. The van der Waals surface area contributed by atoms with Gasteiger partial charge in [0.1, 0.15) is 0 Å². The fourth-order valence-electron chi connectivity index (χ4n) is 1.50. The Labute approximate surface area is 111 Å².